The molecule has 3 rings (SSSR count). The number of sulfonamides is 1. The standard InChI is InChI=1S/C22H22ClN3O3S2/c1-4-20-15(3)30-13-21(20)22(27)24-18-7-5-6-16(12-18)14(2)25-26-31(28,29)19-10-8-17(23)9-11-19/h5-13,26H,4H2,1-3H3,(H,24,27). The maximum Gasteiger partial charge on any atom is 0.276 e. The van der Waals surface area contributed by atoms with Crippen molar-refractivity contribution in [2.24, 2.45) is 5.10 Å². The number of halogens is 1. The number of carbonyl (C=O) groups excluding carboxylic acids is 1. The molecule has 162 valence electrons. The molecule has 0 bridgehead atoms. The van der Waals surface area contributed by atoms with Crippen LogP contribution in [-0.2, 0) is 16.4 Å². The summed E-state index contributed by atoms with van der Waals surface area (Å²) < 4.78 is 24.8. The Morgan fingerprint density at radius 2 is 1.87 bits per heavy atom. The van der Waals surface area contributed by atoms with Crippen molar-refractivity contribution in [3.05, 3.63) is 80.5 Å². The molecule has 0 radical (unpaired) electrons. The Balaban J connectivity index is 1.75. The van der Waals surface area contributed by atoms with Gasteiger partial charge in [0.25, 0.3) is 15.9 Å². The second-order valence-electron chi connectivity index (χ2n) is 6.82. The summed E-state index contributed by atoms with van der Waals surface area (Å²) in [6.07, 6.45) is 0.789. The molecule has 2 N–H and O–H groups in total. The van der Waals surface area contributed by atoms with Gasteiger partial charge in [0.2, 0.25) is 0 Å². The minimum atomic E-state index is -3.82. The quantitative estimate of drug-likeness (QED) is 0.362. The summed E-state index contributed by atoms with van der Waals surface area (Å²) in [5.41, 5.74) is 3.45. The number of rotatable bonds is 7. The van der Waals surface area contributed by atoms with Crippen molar-refractivity contribution >= 4 is 50.3 Å². The van der Waals surface area contributed by atoms with E-state index < -0.39 is 10.0 Å². The predicted molar refractivity (Wildman–Crippen MR) is 127 cm³/mol. The summed E-state index contributed by atoms with van der Waals surface area (Å²) in [6, 6.07) is 12.9. The summed E-state index contributed by atoms with van der Waals surface area (Å²) in [5.74, 6) is -0.170. The molecule has 1 aromatic heterocycles. The zero-order valence-corrected chi connectivity index (χ0v) is 19.7. The van der Waals surface area contributed by atoms with Gasteiger partial charge in [-0.25, -0.2) is 0 Å². The first-order valence-corrected chi connectivity index (χ1v) is 12.3. The van der Waals surface area contributed by atoms with E-state index in [1.54, 1.807) is 42.5 Å². The van der Waals surface area contributed by atoms with Gasteiger partial charge in [0, 0.05) is 21.0 Å². The van der Waals surface area contributed by atoms with Crippen molar-refractivity contribution in [2.75, 3.05) is 5.32 Å². The highest BCUT2D eigenvalue weighted by Crippen LogP contribution is 2.23. The van der Waals surface area contributed by atoms with Gasteiger partial charge in [-0.15, -0.1) is 11.3 Å². The molecule has 2 aromatic carbocycles. The maximum absolute atomic E-state index is 12.7. The number of nitrogens with zero attached hydrogens (tertiary/aromatic N) is 1. The fourth-order valence-corrected chi connectivity index (χ4v) is 4.91. The zero-order valence-electron chi connectivity index (χ0n) is 17.3. The van der Waals surface area contributed by atoms with Crippen LogP contribution in [0.2, 0.25) is 5.02 Å². The molecule has 0 aliphatic carbocycles. The molecule has 0 unspecified atom stereocenters. The molecule has 0 aliphatic rings. The molecule has 0 fully saturated rings. The fraction of sp³-hybridized carbons (Fsp3) is 0.182. The molecular formula is C22H22ClN3O3S2. The van der Waals surface area contributed by atoms with E-state index in [1.165, 1.54) is 24.3 Å². The number of thiophene rings is 1. The smallest absolute Gasteiger partial charge is 0.276 e. The summed E-state index contributed by atoms with van der Waals surface area (Å²) >= 11 is 7.36. The summed E-state index contributed by atoms with van der Waals surface area (Å²) in [4.78, 5) is 16.1. The van der Waals surface area contributed by atoms with Crippen molar-refractivity contribution in [3.63, 3.8) is 0 Å². The lowest BCUT2D eigenvalue weighted by molar-refractivity contribution is 0.102. The molecule has 0 saturated heterocycles. The number of hydrazone groups is 1. The third kappa shape index (κ3) is 5.52. The van der Waals surface area contributed by atoms with E-state index in [0.717, 1.165) is 16.9 Å². The van der Waals surface area contributed by atoms with Crippen LogP contribution in [-0.4, -0.2) is 20.0 Å². The summed E-state index contributed by atoms with van der Waals surface area (Å²) in [7, 11) is -3.82. The Bertz CT molecular complexity index is 1230. The molecule has 1 heterocycles. The van der Waals surface area contributed by atoms with Gasteiger partial charge in [-0.3, -0.25) is 4.79 Å². The van der Waals surface area contributed by atoms with E-state index in [-0.39, 0.29) is 10.8 Å². The van der Waals surface area contributed by atoms with Gasteiger partial charge in [-0.05, 0) is 67.8 Å². The van der Waals surface area contributed by atoms with Crippen molar-refractivity contribution in [2.45, 2.75) is 32.1 Å². The van der Waals surface area contributed by atoms with E-state index in [0.29, 0.717) is 27.5 Å². The molecule has 0 spiro atoms. The molecule has 31 heavy (non-hydrogen) atoms. The molecule has 6 nitrogen and oxygen atoms in total. The van der Waals surface area contributed by atoms with Gasteiger partial charge in [0.1, 0.15) is 0 Å². The van der Waals surface area contributed by atoms with Crippen LogP contribution in [0, 0.1) is 6.92 Å². The van der Waals surface area contributed by atoms with Crippen LogP contribution in [0.25, 0.3) is 0 Å². The Kier molecular flexibility index (Phi) is 7.15. The van der Waals surface area contributed by atoms with E-state index in [1.807, 2.05) is 19.2 Å². The number of carbonyl (C=O) groups is 1. The number of hydrogen-bond acceptors (Lipinski definition) is 5. The topological polar surface area (TPSA) is 87.6 Å². The molecular weight excluding hydrogens is 454 g/mol. The highest BCUT2D eigenvalue weighted by Gasteiger charge is 2.15. The molecule has 9 heteroatoms. The van der Waals surface area contributed by atoms with E-state index >= 15 is 0 Å². The maximum atomic E-state index is 12.7. The second kappa shape index (κ2) is 9.64. The van der Waals surface area contributed by atoms with E-state index in [9.17, 15) is 13.2 Å². The molecule has 0 aliphatic heterocycles. The minimum absolute atomic E-state index is 0.0623. The van der Waals surface area contributed by atoms with Crippen LogP contribution in [0.1, 0.15) is 40.2 Å². The molecule has 3 aromatic rings. The number of nitrogens with one attached hydrogen (secondary N) is 2. The van der Waals surface area contributed by atoms with Crippen LogP contribution in [0.15, 0.2) is 63.9 Å². The van der Waals surface area contributed by atoms with Crippen molar-refractivity contribution in [1.29, 1.82) is 0 Å². The van der Waals surface area contributed by atoms with Crippen LogP contribution < -0.4 is 10.1 Å². The van der Waals surface area contributed by atoms with Gasteiger partial charge in [0.15, 0.2) is 0 Å². The summed E-state index contributed by atoms with van der Waals surface area (Å²) in [5, 5.41) is 9.23. The third-order valence-corrected chi connectivity index (χ3v) is 7.13. The Morgan fingerprint density at radius 3 is 2.55 bits per heavy atom. The van der Waals surface area contributed by atoms with Crippen LogP contribution in [0.5, 0.6) is 0 Å². The number of hydrogen-bond donors (Lipinski definition) is 2. The van der Waals surface area contributed by atoms with Crippen LogP contribution >= 0.6 is 22.9 Å². The largest absolute Gasteiger partial charge is 0.322 e. The average Bonchev–Trinajstić information content (AvgIpc) is 3.13. The zero-order chi connectivity index (χ0) is 22.6. The van der Waals surface area contributed by atoms with Gasteiger partial charge < -0.3 is 5.32 Å². The average molecular weight is 476 g/mol. The van der Waals surface area contributed by atoms with E-state index in [4.69, 9.17) is 11.6 Å². The Morgan fingerprint density at radius 1 is 1.16 bits per heavy atom. The lowest BCUT2D eigenvalue weighted by atomic mass is 10.1. The summed E-state index contributed by atoms with van der Waals surface area (Å²) in [6.45, 7) is 5.71. The monoisotopic (exact) mass is 475 g/mol. The number of aryl methyl sites for hydroxylation is 1. The van der Waals surface area contributed by atoms with Crippen LogP contribution in [0.3, 0.4) is 0 Å². The van der Waals surface area contributed by atoms with Crippen molar-refractivity contribution < 1.29 is 13.2 Å². The Hall–Kier alpha value is -2.68. The van der Waals surface area contributed by atoms with E-state index in [2.05, 4.69) is 15.2 Å². The lowest BCUT2D eigenvalue weighted by Gasteiger charge is -2.09. The third-order valence-electron chi connectivity index (χ3n) is 4.70. The lowest BCUT2D eigenvalue weighted by Crippen LogP contribution is -2.20. The van der Waals surface area contributed by atoms with Gasteiger partial charge in [0.05, 0.1) is 16.2 Å². The SMILES string of the molecule is CCc1c(C(=O)Nc2cccc(C(C)=NNS(=O)(=O)c3ccc(Cl)cc3)c2)csc1C. The molecule has 0 atom stereocenters. The Labute approximate surface area is 191 Å². The van der Waals surface area contributed by atoms with Crippen molar-refractivity contribution in [1.82, 2.24) is 4.83 Å². The first-order valence-electron chi connectivity index (χ1n) is 9.51. The second-order valence-corrected chi connectivity index (χ2v) is 10.00. The van der Waals surface area contributed by atoms with Crippen LogP contribution in [0.4, 0.5) is 5.69 Å². The van der Waals surface area contributed by atoms with Gasteiger partial charge >= 0.3 is 0 Å². The molecule has 0 saturated carbocycles. The van der Waals surface area contributed by atoms with Crippen molar-refractivity contribution in [3.8, 4) is 0 Å². The normalized spacial score (nSPS) is 11.9. The highest BCUT2D eigenvalue weighted by molar-refractivity contribution is 7.89. The molecule has 1 amide bonds. The number of amides is 1. The number of benzene rings is 2. The minimum Gasteiger partial charge on any atom is -0.322 e. The number of anilines is 1. The predicted octanol–water partition coefficient (Wildman–Crippen LogP) is 5.23. The first-order chi connectivity index (χ1) is 14.7. The van der Waals surface area contributed by atoms with Gasteiger partial charge in [-0.2, -0.15) is 18.4 Å². The fourth-order valence-electron chi connectivity index (χ4n) is 2.99. The first kappa shape index (κ1) is 23.0. The van der Waals surface area contributed by atoms with Gasteiger partial charge in [-0.1, -0.05) is 30.7 Å². The highest BCUT2D eigenvalue weighted by atomic mass is 35.5.